The van der Waals surface area contributed by atoms with E-state index in [9.17, 15) is 13.2 Å². The van der Waals surface area contributed by atoms with Crippen molar-refractivity contribution in [2.75, 3.05) is 29.3 Å². The van der Waals surface area contributed by atoms with Gasteiger partial charge >= 0.3 is 5.97 Å². The Morgan fingerprint density at radius 3 is 2.62 bits per heavy atom. The van der Waals surface area contributed by atoms with E-state index in [2.05, 4.69) is 21.7 Å². The number of ether oxygens (including phenoxy) is 1. The summed E-state index contributed by atoms with van der Waals surface area (Å²) in [4.78, 5) is 14.6. The van der Waals surface area contributed by atoms with Gasteiger partial charge in [0.25, 0.3) is 10.0 Å². The number of aromatic nitrogens is 1. The highest BCUT2D eigenvalue weighted by molar-refractivity contribution is 7.94. The Morgan fingerprint density at radius 2 is 1.94 bits per heavy atom. The molecule has 170 valence electrons. The number of hydrogen-bond acceptors (Lipinski definition) is 8. The van der Waals surface area contributed by atoms with Crippen LogP contribution in [0.15, 0.2) is 51.2 Å². The van der Waals surface area contributed by atoms with Crippen LogP contribution in [0.4, 0.5) is 11.4 Å². The molecule has 0 unspecified atom stereocenters. The number of nitrogens with one attached hydrogen (secondary N) is 1. The maximum atomic E-state index is 12.8. The predicted octanol–water partition coefficient (Wildman–Crippen LogP) is 4.62. The van der Waals surface area contributed by atoms with Crippen molar-refractivity contribution in [3.63, 3.8) is 0 Å². The fourth-order valence-electron chi connectivity index (χ4n) is 3.50. The summed E-state index contributed by atoms with van der Waals surface area (Å²) in [6.45, 7) is 6.23. The summed E-state index contributed by atoms with van der Waals surface area (Å²) in [6, 6.07) is 12.0. The molecule has 4 rings (SSSR count). The number of benzene rings is 1. The Bertz CT molecular complexity index is 1180. The van der Waals surface area contributed by atoms with Gasteiger partial charge in [-0.1, -0.05) is 12.1 Å². The van der Waals surface area contributed by atoms with Crippen LogP contribution in [-0.2, 0) is 14.8 Å². The topological polar surface area (TPSA) is 102 Å². The molecule has 0 bridgehead atoms. The first-order chi connectivity index (χ1) is 15.4. The summed E-state index contributed by atoms with van der Waals surface area (Å²) in [6.07, 6.45) is 2.34. The second-order valence-electron chi connectivity index (χ2n) is 7.74. The number of rotatable bonds is 7. The van der Waals surface area contributed by atoms with E-state index in [-0.39, 0.29) is 16.5 Å². The highest BCUT2D eigenvalue weighted by Gasteiger charge is 2.21. The Morgan fingerprint density at radius 1 is 1.22 bits per heavy atom. The van der Waals surface area contributed by atoms with Crippen molar-refractivity contribution in [3.05, 3.63) is 48.2 Å². The normalized spacial score (nSPS) is 15.0. The van der Waals surface area contributed by atoms with E-state index in [0.717, 1.165) is 36.0 Å². The van der Waals surface area contributed by atoms with Gasteiger partial charge in [0, 0.05) is 30.5 Å². The molecule has 2 aromatic heterocycles. The number of nitrogens with zero attached hydrogens (tertiary/aromatic N) is 2. The van der Waals surface area contributed by atoms with Crippen LogP contribution in [-0.4, -0.2) is 39.2 Å². The monoisotopic (exact) mass is 475 g/mol. The molecule has 32 heavy (non-hydrogen) atoms. The second-order valence-corrected chi connectivity index (χ2v) is 10.7. The van der Waals surface area contributed by atoms with Crippen LogP contribution in [0.1, 0.15) is 37.2 Å². The lowest BCUT2D eigenvalue weighted by Crippen LogP contribution is -2.32. The average molecular weight is 476 g/mol. The zero-order chi connectivity index (χ0) is 22.7. The van der Waals surface area contributed by atoms with Gasteiger partial charge in [-0.3, -0.25) is 4.72 Å². The Labute approximate surface area is 191 Å². The molecule has 0 amide bonds. The standard InChI is InChI=1S/C22H25N3O5S2/c1-3-29-22(26)18-14-19(30-23-18)20-8-9-21(31-20)32(27,28)24-16-4-6-17(7-5-16)25-12-10-15(2)11-13-25/h4-9,14-15,24H,3,10-13H2,1-2H3. The van der Waals surface area contributed by atoms with Crippen LogP contribution in [0.3, 0.4) is 0 Å². The largest absolute Gasteiger partial charge is 0.461 e. The van der Waals surface area contributed by atoms with Crippen LogP contribution in [0, 0.1) is 5.92 Å². The fraction of sp³-hybridized carbons (Fsp3) is 0.364. The average Bonchev–Trinajstić information content (AvgIpc) is 3.45. The van der Waals surface area contributed by atoms with Crippen LogP contribution in [0.2, 0.25) is 0 Å². The van der Waals surface area contributed by atoms with Gasteiger partial charge in [0.1, 0.15) is 4.21 Å². The molecule has 0 atom stereocenters. The number of piperidine rings is 1. The maximum Gasteiger partial charge on any atom is 0.360 e. The molecule has 1 aliphatic heterocycles. The summed E-state index contributed by atoms with van der Waals surface area (Å²) in [7, 11) is -3.76. The van der Waals surface area contributed by atoms with Crippen LogP contribution >= 0.6 is 11.3 Å². The third-order valence-corrected chi connectivity index (χ3v) is 8.32. The SMILES string of the molecule is CCOC(=O)c1cc(-c2ccc(S(=O)(=O)Nc3ccc(N4CCC(C)CC4)cc3)s2)on1. The van der Waals surface area contributed by atoms with E-state index in [4.69, 9.17) is 9.26 Å². The van der Waals surface area contributed by atoms with E-state index < -0.39 is 16.0 Å². The molecule has 0 aliphatic carbocycles. The van der Waals surface area contributed by atoms with Crippen molar-refractivity contribution in [1.29, 1.82) is 0 Å². The number of anilines is 2. The molecule has 1 fully saturated rings. The zero-order valence-electron chi connectivity index (χ0n) is 17.9. The first-order valence-electron chi connectivity index (χ1n) is 10.5. The molecule has 1 aromatic carbocycles. The van der Waals surface area contributed by atoms with Crippen molar-refractivity contribution < 1.29 is 22.5 Å². The molecule has 0 radical (unpaired) electrons. The Balaban J connectivity index is 1.44. The number of esters is 1. The van der Waals surface area contributed by atoms with Gasteiger partial charge in [0.05, 0.1) is 11.5 Å². The molecule has 0 saturated carbocycles. The Kier molecular flexibility index (Phi) is 6.52. The molecule has 1 saturated heterocycles. The number of carbonyl (C=O) groups is 1. The van der Waals surface area contributed by atoms with Crippen LogP contribution in [0.25, 0.3) is 10.6 Å². The Hall–Kier alpha value is -2.85. The van der Waals surface area contributed by atoms with Gasteiger partial charge in [0.2, 0.25) is 0 Å². The van der Waals surface area contributed by atoms with Gasteiger partial charge in [-0.25, -0.2) is 13.2 Å². The molecule has 1 aliphatic rings. The summed E-state index contributed by atoms with van der Waals surface area (Å²) >= 11 is 1.03. The third-order valence-electron chi connectivity index (χ3n) is 5.35. The maximum absolute atomic E-state index is 12.8. The first kappa shape index (κ1) is 22.3. The lowest BCUT2D eigenvalue weighted by atomic mass is 9.99. The summed E-state index contributed by atoms with van der Waals surface area (Å²) in [5.74, 6) is 0.470. The minimum absolute atomic E-state index is 0.0426. The zero-order valence-corrected chi connectivity index (χ0v) is 19.5. The number of thiophene rings is 1. The van der Waals surface area contributed by atoms with Crippen molar-refractivity contribution in [2.24, 2.45) is 5.92 Å². The third kappa shape index (κ3) is 4.97. The molecular weight excluding hydrogens is 450 g/mol. The summed E-state index contributed by atoms with van der Waals surface area (Å²) in [5, 5.41) is 3.69. The molecular formula is C22H25N3O5S2. The van der Waals surface area contributed by atoms with E-state index in [1.807, 2.05) is 12.1 Å². The minimum Gasteiger partial charge on any atom is -0.461 e. The highest BCUT2D eigenvalue weighted by atomic mass is 32.2. The predicted molar refractivity (Wildman–Crippen MR) is 124 cm³/mol. The van der Waals surface area contributed by atoms with Gasteiger partial charge in [-0.15, -0.1) is 11.3 Å². The van der Waals surface area contributed by atoms with Crippen LogP contribution in [0.5, 0.6) is 0 Å². The van der Waals surface area contributed by atoms with E-state index in [1.54, 1.807) is 25.1 Å². The minimum atomic E-state index is -3.76. The summed E-state index contributed by atoms with van der Waals surface area (Å²) < 4.78 is 38.5. The molecule has 10 heteroatoms. The van der Waals surface area contributed by atoms with Gasteiger partial charge in [-0.2, -0.15) is 0 Å². The number of sulfonamides is 1. The van der Waals surface area contributed by atoms with E-state index in [1.165, 1.54) is 25.0 Å². The van der Waals surface area contributed by atoms with Crippen LogP contribution < -0.4 is 9.62 Å². The van der Waals surface area contributed by atoms with Crippen molar-refractivity contribution in [2.45, 2.75) is 30.9 Å². The van der Waals surface area contributed by atoms with Crippen molar-refractivity contribution in [1.82, 2.24) is 5.16 Å². The first-order valence-corrected chi connectivity index (χ1v) is 12.8. The molecule has 0 spiro atoms. The van der Waals surface area contributed by atoms with Crippen molar-refractivity contribution >= 4 is 38.7 Å². The molecule has 3 heterocycles. The molecule has 8 nitrogen and oxygen atoms in total. The number of carbonyl (C=O) groups excluding carboxylic acids is 1. The highest BCUT2D eigenvalue weighted by Crippen LogP contribution is 2.32. The van der Waals surface area contributed by atoms with Gasteiger partial charge in [0.15, 0.2) is 11.5 Å². The lowest BCUT2D eigenvalue weighted by molar-refractivity contribution is 0.0514. The summed E-state index contributed by atoms with van der Waals surface area (Å²) in [5.41, 5.74) is 1.64. The van der Waals surface area contributed by atoms with Crippen molar-refractivity contribution in [3.8, 4) is 10.6 Å². The quantitative estimate of drug-likeness (QED) is 0.498. The second kappa shape index (κ2) is 9.33. The number of hydrogen-bond donors (Lipinski definition) is 1. The van der Waals surface area contributed by atoms with Gasteiger partial charge in [-0.05, 0) is 62.1 Å². The van der Waals surface area contributed by atoms with E-state index >= 15 is 0 Å². The molecule has 1 N–H and O–H groups in total. The molecule has 3 aromatic rings. The lowest BCUT2D eigenvalue weighted by Gasteiger charge is -2.32. The van der Waals surface area contributed by atoms with E-state index in [0.29, 0.717) is 16.3 Å². The van der Waals surface area contributed by atoms with Gasteiger partial charge < -0.3 is 14.2 Å². The fourth-order valence-corrected chi connectivity index (χ4v) is 5.82. The smallest absolute Gasteiger partial charge is 0.360 e.